The molecule has 1 fully saturated rings. The Hall–Kier alpha value is -1.30. The summed E-state index contributed by atoms with van der Waals surface area (Å²) in [5.41, 5.74) is 5.05. The molecule has 0 radical (unpaired) electrons. The largest absolute Gasteiger partial charge is 0.489 e. The fourth-order valence-electron chi connectivity index (χ4n) is 3.00. The first-order valence-electron chi connectivity index (χ1n) is 8.31. The van der Waals surface area contributed by atoms with Gasteiger partial charge < -0.3 is 20.5 Å². The number of hydrogen-bond acceptors (Lipinski definition) is 4. The number of rotatable bonds is 7. The Balaban J connectivity index is 1.85. The van der Waals surface area contributed by atoms with Gasteiger partial charge in [0, 0.05) is 23.5 Å². The number of nitrogens with one attached hydrogen (secondary N) is 1. The molecule has 3 atom stereocenters. The van der Waals surface area contributed by atoms with Crippen molar-refractivity contribution in [3.8, 4) is 5.75 Å². The third kappa shape index (κ3) is 3.68. The van der Waals surface area contributed by atoms with Gasteiger partial charge in [0.05, 0.1) is 12.6 Å². The molecule has 24 heavy (non-hydrogen) atoms. The highest BCUT2D eigenvalue weighted by molar-refractivity contribution is 6.30. The predicted octanol–water partition coefficient (Wildman–Crippen LogP) is 2.76. The third-order valence-electron chi connectivity index (χ3n) is 4.94. The number of carbonyl (C=O) groups is 1. The Bertz CT molecular complexity index is 576. The third-order valence-corrected chi connectivity index (χ3v) is 5.19. The summed E-state index contributed by atoms with van der Waals surface area (Å²) >= 11 is 5.85. The minimum Gasteiger partial charge on any atom is -0.489 e. The molecule has 1 aliphatic carbocycles. The van der Waals surface area contributed by atoms with E-state index < -0.39 is 11.0 Å². The van der Waals surface area contributed by atoms with Crippen molar-refractivity contribution in [3.63, 3.8) is 0 Å². The van der Waals surface area contributed by atoms with Crippen molar-refractivity contribution < 1.29 is 14.3 Å². The Morgan fingerprint density at radius 3 is 2.58 bits per heavy atom. The highest BCUT2D eigenvalue weighted by Crippen LogP contribution is 2.49. The molecule has 0 saturated heterocycles. The molecule has 3 unspecified atom stereocenters. The van der Waals surface area contributed by atoms with Gasteiger partial charge in [0.1, 0.15) is 17.4 Å². The Labute approximate surface area is 148 Å². The van der Waals surface area contributed by atoms with E-state index in [2.05, 4.69) is 5.32 Å². The molecule has 0 aliphatic heterocycles. The number of benzene rings is 1. The molecule has 0 aromatic heterocycles. The number of nitrogens with two attached hydrogens (primary N) is 1. The van der Waals surface area contributed by atoms with E-state index >= 15 is 0 Å². The number of amides is 1. The number of carbonyl (C=O) groups excluding carboxylic acids is 1. The molecular formula is C18H27ClN2O3. The highest BCUT2D eigenvalue weighted by atomic mass is 35.5. The van der Waals surface area contributed by atoms with Crippen molar-refractivity contribution >= 4 is 17.5 Å². The van der Waals surface area contributed by atoms with Gasteiger partial charge in [-0.3, -0.25) is 4.79 Å². The van der Waals surface area contributed by atoms with Crippen molar-refractivity contribution in [1.82, 2.24) is 5.32 Å². The number of ether oxygens (including phenoxy) is 2. The lowest BCUT2D eigenvalue weighted by Crippen LogP contribution is -2.76. The van der Waals surface area contributed by atoms with Crippen molar-refractivity contribution in [1.29, 1.82) is 0 Å². The maximum absolute atomic E-state index is 12.5. The smallest absolute Gasteiger partial charge is 0.240 e. The van der Waals surface area contributed by atoms with Gasteiger partial charge in [-0.2, -0.15) is 0 Å². The summed E-state index contributed by atoms with van der Waals surface area (Å²) in [7, 11) is 0. The van der Waals surface area contributed by atoms with Gasteiger partial charge in [-0.15, -0.1) is 0 Å². The van der Waals surface area contributed by atoms with Gasteiger partial charge in [-0.25, -0.2) is 0 Å². The zero-order chi connectivity index (χ0) is 18.0. The SMILES string of the molecule is CCOC1CC(N)(C(=O)NCC(C)Oc2ccc(Cl)cc2)C1(C)C. The van der Waals surface area contributed by atoms with Gasteiger partial charge >= 0.3 is 0 Å². The molecule has 6 heteroatoms. The monoisotopic (exact) mass is 354 g/mol. The van der Waals surface area contributed by atoms with E-state index in [0.717, 1.165) is 0 Å². The van der Waals surface area contributed by atoms with Crippen LogP contribution >= 0.6 is 11.6 Å². The van der Waals surface area contributed by atoms with Crippen molar-refractivity contribution in [2.75, 3.05) is 13.2 Å². The number of hydrogen-bond donors (Lipinski definition) is 2. The summed E-state index contributed by atoms with van der Waals surface area (Å²) in [6.45, 7) is 8.80. The first kappa shape index (κ1) is 19.0. The summed E-state index contributed by atoms with van der Waals surface area (Å²) in [5.74, 6) is 0.555. The fourth-order valence-corrected chi connectivity index (χ4v) is 3.13. The molecule has 2 rings (SSSR count). The lowest BCUT2D eigenvalue weighted by molar-refractivity contribution is -0.170. The second-order valence-electron chi connectivity index (χ2n) is 6.93. The lowest BCUT2D eigenvalue weighted by Gasteiger charge is -2.57. The van der Waals surface area contributed by atoms with Crippen LogP contribution in [0.15, 0.2) is 24.3 Å². The Kier molecular flexibility index (Phi) is 5.78. The van der Waals surface area contributed by atoms with Crippen LogP contribution in [-0.4, -0.2) is 36.8 Å². The van der Waals surface area contributed by atoms with Gasteiger partial charge in [0.15, 0.2) is 0 Å². The normalized spacial score (nSPS) is 26.3. The summed E-state index contributed by atoms with van der Waals surface area (Å²) in [6, 6.07) is 7.13. The molecule has 1 saturated carbocycles. The minimum atomic E-state index is -0.910. The number of halogens is 1. The summed E-state index contributed by atoms with van der Waals surface area (Å²) in [5, 5.41) is 3.56. The predicted molar refractivity (Wildman–Crippen MR) is 95.3 cm³/mol. The molecule has 1 aliphatic rings. The van der Waals surface area contributed by atoms with Crippen LogP contribution in [0, 0.1) is 5.41 Å². The minimum absolute atomic E-state index is 0.0148. The molecular weight excluding hydrogens is 328 g/mol. The second-order valence-corrected chi connectivity index (χ2v) is 7.37. The quantitative estimate of drug-likeness (QED) is 0.789. The van der Waals surface area contributed by atoms with E-state index in [1.54, 1.807) is 24.3 Å². The van der Waals surface area contributed by atoms with Crippen molar-refractivity contribution in [2.24, 2.45) is 11.1 Å². The molecule has 0 heterocycles. The summed E-state index contributed by atoms with van der Waals surface area (Å²) < 4.78 is 11.4. The van der Waals surface area contributed by atoms with E-state index in [9.17, 15) is 4.79 Å². The van der Waals surface area contributed by atoms with E-state index in [-0.39, 0.29) is 18.1 Å². The summed E-state index contributed by atoms with van der Waals surface area (Å²) in [4.78, 5) is 12.5. The average Bonchev–Trinajstić information content (AvgIpc) is 2.54. The van der Waals surface area contributed by atoms with E-state index in [0.29, 0.717) is 30.3 Å². The molecule has 0 bridgehead atoms. The standard InChI is InChI=1S/C18H27ClN2O3/c1-5-23-15-10-18(20,17(15,3)4)16(22)21-11-12(2)24-14-8-6-13(19)7-9-14/h6-9,12,15H,5,10-11,20H2,1-4H3,(H,21,22). The van der Waals surface area contributed by atoms with Gasteiger partial charge in [-0.05, 0) is 38.1 Å². The highest BCUT2D eigenvalue weighted by Gasteiger charge is 2.62. The Morgan fingerprint density at radius 1 is 1.42 bits per heavy atom. The fraction of sp³-hybridized carbons (Fsp3) is 0.611. The van der Waals surface area contributed by atoms with Crippen LogP contribution in [0.2, 0.25) is 5.02 Å². The van der Waals surface area contributed by atoms with Crippen LogP contribution in [0.3, 0.4) is 0 Å². The van der Waals surface area contributed by atoms with Crippen LogP contribution in [0.4, 0.5) is 0 Å². The van der Waals surface area contributed by atoms with E-state index in [1.807, 2.05) is 27.7 Å². The van der Waals surface area contributed by atoms with Crippen LogP contribution in [-0.2, 0) is 9.53 Å². The van der Waals surface area contributed by atoms with Gasteiger partial charge in [0.2, 0.25) is 5.91 Å². The molecule has 1 aromatic rings. The van der Waals surface area contributed by atoms with Crippen LogP contribution in [0.25, 0.3) is 0 Å². The van der Waals surface area contributed by atoms with Crippen LogP contribution < -0.4 is 15.8 Å². The molecule has 1 amide bonds. The molecule has 0 spiro atoms. The lowest BCUT2D eigenvalue weighted by atomic mass is 9.54. The molecule has 5 nitrogen and oxygen atoms in total. The van der Waals surface area contributed by atoms with Gasteiger partial charge in [0.25, 0.3) is 0 Å². The van der Waals surface area contributed by atoms with Gasteiger partial charge in [-0.1, -0.05) is 25.4 Å². The zero-order valence-electron chi connectivity index (χ0n) is 14.8. The van der Waals surface area contributed by atoms with Crippen molar-refractivity contribution in [2.45, 2.75) is 51.9 Å². The molecule has 134 valence electrons. The molecule has 1 aromatic carbocycles. The van der Waals surface area contributed by atoms with E-state index in [4.69, 9.17) is 26.8 Å². The zero-order valence-corrected chi connectivity index (χ0v) is 15.5. The second kappa shape index (κ2) is 7.30. The molecule has 3 N–H and O–H groups in total. The van der Waals surface area contributed by atoms with Crippen LogP contribution in [0.5, 0.6) is 5.75 Å². The van der Waals surface area contributed by atoms with Crippen LogP contribution in [0.1, 0.15) is 34.1 Å². The topological polar surface area (TPSA) is 73.6 Å². The first-order valence-corrected chi connectivity index (χ1v) is 8.69. The first-order chi connectivity index (χ1) is 11.2. The average molecular weight is 355 g/mol. The Morgan fingerprint density at radius 2 is 2.04 bits per heavy atom. The van der Waals surface area contributed by atoms with Crippen molar-refractivity contribution in [3.05, 3.63) is 29.3 Å². The summed E-state index contributed by atoms with van der Waals surface area (Å²) in [6.07, 6.45) is 0.372. The maximum atomic E-state index is 12.5. The van der Waals surface area contributed by atoms with E-state index in [1.165, 1.54) is 0 Å². The maximum Gasteiger partial charge on any atom is 0.240 e.